The highest BCUT2D eigenvalue weighted by Gasteiger charge is 2.22. The average Bonchev–Trinajstić information content (AvgIpc) is 2.17. The van der Waals surface area contributed by atoms with E-state index in [1.165, 1.54) is 17.5 Å². The van der Waals surface area contributed by atoms with Crippen LogP contribution in [-0.4, -0.2) is 25.7 Å². The van der Waals surface area contributed by atoms with E-state index in [2.05, 4.69) is 4.98 Å². The largest absolute Gasteiger partial charge is 0.384 e. The van der Waals surface area contributed by atoms with E-state index in [4.69, 9.17) is 5.73 Å². The Bertz CT molecular complexity index is 425. The lowest BCUT2D eigenvalue weighted by molar-refractivity contribution is 0.585. The van der Waals surface area contributed by atoms with E-state index in [0.29, 0.717) is 11.5 Å². The lowest BCUT2D eigenvalue weighted by atomic mass is 10.4. The molecule has 0 amide bonds. The fraction of sp³-hybridized carbons (Fsp3) is 0.444. The monoisotopic (exact) mass is 229 g/mol. The van der Waals surface area contributed by atoms with Gasteiger partial charge < -0.3 is 5.73 Å². The third-order valence-electron chi connectivity index (χ3n) is 2.11. The highest BCUT2D eigenvalue weighted by atomic mass is 32.2. The maximum Gasteiger partial charge on any atom is 0.237 e. The van der Waals surface area contributed by atoms with Crippen molar-refractivity contribution in [3.8, 4) is 0 Å². The molecule has 0 aliphatic carbocycles. The van der Waals surface area contributed by atoms with Crippen LogP contribution in [0.4, 0.5) is 11.5 Å². The summed E-state index contributed by atoms with van der Waals surface area (Å²) in [5.41, 5.74) is 5.93. The van der Waals surface area contributed by atoms with Crippen LogP contribution >= 0.6 is 0 Å². The Labute approximate surface area is 90.0 Å². The zero-order chi connectivity index (χ0) is 11.6. The van der Waals surface area contributed by atoms with E-state index in [9.17, 15) is 8.42 Å². The van der Waals surface area contributed by atoms with Crippen molar-refractivity contribution in [2.75, 3.05) is 17.1 Å². The Morgan fingerprint density at radius 2 is 2.00 bits per heavy atom. The van der Waals surface area contributed by atoms with Crippen molar-refractivity contribution in [2.45, 2.75) is 19.1 Å². The molecule has 0 saturated carbocycles. The first kappa shape index (κ1) is 11.8. The standard InChI is InChI=1S/C9H15N3O2S/c1-7(2)15(13,14)12(3)8-4-5-9(10)11-6-8/h4-7H,1-3H3,(H2,10,11). The van der Waals surface area contributed by atoms with Crippen LogP contribution in [-0.2, 0) is 10.0 Å². The average molecular weight is 229 g/mol. The summed E-state index contributed by atoms with van der Waals surface area (Å²) in [7, 11) is -1.79. The van der Waals surface area contributed by atoms with Crippen molar-refractivity contribution in [1.29, 1.82) is 0 Å². The number of rotatable bonds is 3. The van der Waals surface area contributed by atoms with Gasteiger partial charge >= 0.3 is 0 Å². The Morgan fingerprint density at radius 3 is 2.40 bits per heavy atom. The summed E-state index contributed by atoms with van der Waals surface area (Å²) in [6, 6.07) is 3.20. The second-order valence-electron chi connectivity index (χ2n) is 3.50. The first-order valence-electron chi connectivity index (χ1n) is 4.55. The third kappa shape index (κ3) is 2.38. The van der Waals surface area contributed by atoms with Crippen LogP contribution in [0.1, 0.15) is 13.8 Å². The third-order valence-corrected chi connectivity index (χ3v) is 4.28. The quantitative estimate of drug-likeness (QED) is 0.833. The lowest BCUT2D eigenvalue weighted by Crippen LogP contribution is -2.33. The van der Waals surface area contributed by atoms with Crippen LogP contribution in [0.3, 0.4) is 0 Å². The summed E-state index contributed by atoms with van der Waals surface area (Å²) in [6.07, 6.45) is 1.44. The summed E-state index contributed by atoms with van der Waals surface area (Å²) in [4.78, 5) is 3.84. The van der Waals surface area contributed by atoms with Crippen LogP contribution in [0.25, 0.3) is 0 Å². The normalized spacial score (nSPS) is 11.7. The number of aromatic nitrogens is 1. The summed E-state index contributed by atoms with van der Waals surface area (Å²) in [5.74, 6) is 0.370. The fourth-order valence-electron chi connectivity index (χ4n) is 1.05. The van der Waals surface area contributed by atoms with Gasteiger partial charge in [0.25, 0.3) is 0 Å². The minimum atomic E-state index is -3.29. The van der Waals surface area contributed by atoms with Gasteiger partial charge in [-0.05, 0) is 26.0 Å². The van der Waals surface area contributed by atoms with Gasteiger partial charge in [-0.25, -0.2) is 13.4 Å². The molecule has 1 heterocycles. The molecule has 0 aromatic carbocycles. The van der Waals surface area contributed by atoms with E-state index in [0.717, 1.165) is 0 Å². The molecule has 0 unspecified atom stereocenters. The SMILES string of the molecule is CC(C)S(=O)(=O)N(C)c1ccc(N)nc1. The molecule has 6 heteroatoms. The molecular weight excluding hydrogens is 214 g/mol. The van der Waals surface area contributed by atoms with Crippen LogP contribution in [0.2, 0.25) is 0 Å². The van der Waals surface area contributed by atoms with Crippen molar-refractivity contribution in [3.05, 3.63) is 18.3 Å². The van der Waals surface area contributed by atoms with Gasteiger partial charge in [0, 0.05) is 7.05 Å². The maximum atomic E-state index is 11.8. The highest BCUT2D eigenvalue weighted by molar-refractivity contribution is 7.93. The zero-order valence-electron chi connectivity index (χ0n) is 9.01. The molecule has 0 spiro atoms. The minimum absolute atomic E-state index is 0.370. The van der Waals surface area contributed by atoms with Gasteiger partial charge in [0.15, 0.2) is 0 Å². The number of anilines is 2. The van der Waals surface area contributed by atoms with Crippen molar-refractivity contribution in [3.63, 3.8) is 0 Å². The summed E-state index contributed by atoms with van der Waals surface area (Å²) < 4.78 is 24.8. The van der Waals surface area contributed by atoms with Gasteiger partial charge in [0.05, 0.1) is 17.1 Å². The fourth-order valence-corrected chi connectivity index (χ4v) is 2.08. The number of nitrogen functional groups attached to an aromatic ring is 1. The van der Waals surface area contributed by atoms with Gasteiger partial charge in [0.1, 0.15) is 5.82 Å². The van der Waals surface area contributed by atoms with Crippen LogP contribution in [0.5, 0.6) is 0 Å². The molecule has 0 atom stereocenters. The molecule has 5 nitrogen and oxygen atoms in total. The molecule has 0 saturated heterocycles. The topological polar surface area (TPSA) is 76.3 Å². The second-order valence-corrected chi connectivity index (χ2v) is 6.02. The van der Waals surface area contributed by atoms with Crippen molar-refractivity contribution < 1.29 is 8.42 Å². The molecular formula is C9H15N3O2S. The van der Waals surface area contributed by atoms with Crippen LogP contribution in [0.15, 0.2) is 18.3 Å². The van der Waals surface area contributed by atoms with Crippen LogP contribution in [0, 0.1) is 0 Å². The maximum absolute atomic E-state index is 11.8. The first-order chi connectivity index (χ1) is 6.85. The van der Waals surface area contributed by atoms with Gasteiger partial charge in [0.2, 0.25) is 10.0 Å². The zero-order valence-corrected chi connectivity index (χ0v) is 9.82. The Morgan fingerprint density at radius 1 is 1.40 bits per heavy atom. The van der Waals surface area contributed by atoms with Gasteiger partial charge in [-0.1, -0.05) is 0 Å². The van der Waals surface area contributed by atoms with E-state index >= 15 is 0 Å². The number of hydrogen-bond acceptors (Lipinski definition) is 4. The Hall–Kier alpha value is -1.30. The molecule has 1 rings (SSSR count). The molecule has 1 aromatic heterocycles. The number of hydrogen-bond donors (Lipinski definition) is 1. The van der Waals surface area contributed by atoms with Gasteiger partial charge in [-0.3, -0.25) is 4.31 Å². The molecule has 0 aliphatic rings. The molecule has 1 aromatic rings. The summed E-state index contributed by atoms with van der Waals surface area (Å²) in [6.45, 7) is 3.27. The van der Waals surface area contributed by atoms with Gasteiger partial charge in [-0.15, -0.1) is 0 Å². The molecule has 84 valence electrons. The molecule has 0 bridgehead atoms. The number of sulfonamides is 1. The molecule has 15 heavy (non-hydrogen) atoms. The highest BCUT2D eigenvalue weighted by Crippen LogP contribution is 2.18. The van der Waals surface area contributed by atoms with E-state index in [1.54, 1.807) is 26.0 Å². The number of nitrogens with zero attached hydrogens (tertiary/aromatic N) is 2. The number of nitrogens with two attached hydrogens (primary N) is 1. The first-order valence-corrected chi connectivity index (χ1v) is 6.05. The summed E-state index contributed by atoms with van der Waals surface area (Å²) >= 11 is 0. The van der Waals surface area contributed by atoms with E-state index in [-0.39, 0.29) is 0 Å². The van der Waals surface area contributed by atoms with Gasteiger partial charge in [-0.2, -0.15) is 0 Å². The molecule has 2 N–H and O–H groups in total. The van der Waals surface area contributed by atoms with Crippen molar-refractivity contribution in [2.24, 2.45) is 0 Å². The smallest absolute Gasteiger partial charge is 0.237 e. The Balaban J connectivity index is 3.05. The second kappa shape index (κ2) is 4.06. The number of pyridine rings is 1. The molecule has 0 aliphatic heterocycles. The van der Waals surface area contributed by atoms with E-state index < -0.39 is 15.3 Å². The minimum Gasteiger partial charge on any atom is -0.384 e. The predicted octanol–water partition coefficient (Wildman–Crippen LogP) is 0.838. The van der Waals surface area contributed by atoms with E-state index in [1.807, 2.05) is 0 Å². The lowest BCUT2D eigenvalue weighted by Gasteiger charge is -2.21. The van der Waals surface area contributed by atoms with Crippen LogP contribution < -0.4 is 10.0 Å². The Kier molecular flexibility index (Phi) is 3.18. The summed E-state index contributed by atoms with van der Waals surface area (Å²) in [5, 5.41) is -0.458. The van der Waals surface area contributed by atoms with Crippen molar-refractivity contribution in [1.82, 2.24) is 4.98 Å². The molecule has 0 radical (unpaired) electrons. The molecule has 0 fully saturated rings. The van der Waals surface area contributed by atoms with Crippen molar-refractivity contribution >= 4 is 21.5 Å². The predicted molar refractivity (Wildman–Crippen MR) is 61.1 cm³/mol.